The first-order valence-electron chi connectivity index (χ1n) is 10.9. The summed E-state index contributed by atoms with van der Waals surface area (Å²) in [5, 5.41) is 0. The molecular formula is C24H20F6O7. The Labute approximate surface area is 206 Å². The second-order valence-electron chi connectivity index (χ2n) is 8.77. The molecule has 0 spiro atoms. The van der Waals surface area contributed by atoms with Gasteiger partial charge in [-0.05, 0) is 50.2 Å². The molecule has 2 aromatic carbocycles. The summed E-state index contributed by atoms with van der Waals surface area (Å²) in [5.41, 5.74) is -2.88. The monoisotopic (exact) mass is 534 g/mol. The summed E-state index contributed by atoms with van der Waals surface area (Å²) in [6, 6.07) is 7.15. The molecule has 2 fully saturated rings. The van der Waals surface area contributed by atoms with E-state index >= 15 is 0 Å². The van der Waals surface area contributed by atoms with Gasteiger partial charge in [-0.25, -0.2) is 9.59 Å². The molecule has 2 aromatic rings. The molecule has 0 aliphatic carbocycles. The molecule has 0 aromatic heterocycles. The highest BCUT2D eigenvalue weighted by molar-refractivity contribution is 5.90. The Morgan fingerprint density at radius 2 is 1.41 bits per heavy atom. The van der Waals surface area contributed by atoms with Crippen molar-refractivity contribution >= 4 is 11.9 Å². The maximum Gasteiger partial charge on any atom is 0.416 e. The normalized spacial score (nSPS) is 25.0. The third kappa shape index (κ3) is 6.05. The second kappa shape index (κ2) is 9.62. The molecule has 2 aliphatic rings. The number of rotatable bonds is 5. The average molecular weight is 534 g/mol. The van der Waals surface area contributed by atoms with Crippen molar-refractivity contribution in [1.82, 2.24) is 0 Å². The lowest BCUT2D eigenvalue weighted by Crippen LogP contribution is -2.40. The lowest BCUT2D eigenvalue weighted by Gasteiger charge is -2.25. The number of hydrogen-bond donors (Lipinski definition) is 0. The fourth-order valence-electron chi connectivity index (χ4n) is 3.90. The van der Waals surface area contributed by atoms with Crippen LogP contribution >= 0.6 is 0 Å². The first kappa shape index (κ1) is 26.9. The average Bonchev–Trinajstić information content (AvgIpc) is 3.28. The van der Waals surface area contributed by atoms with Crippen LogP contribution in [0.5, 0.6) is 0 Å². The van der Waals surface area contributed by atoms with Gasteiger partial charge in [0.25, 0.3) is 0 Å². The van der Waals surface area contributed by atoms with Crippen LogP contribution < -0.4 is 0 Å². The molecule has 4 rings (SSSR count). The number of benzene rings is 2. The van der Waals surface area contributed by atoms with Gasteiger partial charge in [-0.2, -0.15) is 26.3 Å². The van der Waals surface area contributed by atoms with Crippen molar-refractivity contribution in [1.29, 1.82) is 0 Å². The number of carbonyl (C=O) groups is 2. The van der Waals surface area contributed by atoms with Crippen LogP contribution in [0.3, 0.4) is 0 Å². The Hall–Kier alpha value is -3.16. The fraction of sp³-hybridized carbons (Fsp3) is 0.417. The van der Waals surface area contributed by atoms with Gasteiger partial charge >= 0.3 is 24.3 Å². The van der Waals surface area contributed by atoms with E-state index in [4.69, 9.17) is 23.7 Å². The van der Waals surface area contributed by atoms with Crippen molar-refractivity contribution in [3.05, 3.63) is 70.8 Å². The van der Waals surface area contributed by atoms with Gasteiger partial charge in [0.05, 0.1) is 22.3 Å². The van der Waals surface area contributed by atoms with Crippen LogP contribution in [0.1, 0.15) is 45.7 Å². The zero-order valence-corrected chi connectivity index (χ0v) is 19.3. The van der Waals surface area contributed by atoms with Gasteiger partial charge < -0.3 is 23.7 Å². The lowest BCUT2D eigenvalue weighted by molar-refractivity contribution is -0.218. The van der Waals surface area contributed by atoms with Crippen LogP contribution in [-0.2, 0) is 36.0 Å². The molecule has 0 bridgehead atoms. The summed E-state index contributed by atoms with van der Waals surface area (Å²) < 4.78 is 105. The Kier molecular flexibility index (Phi) is 6.99. The number of halogens is 6. The zero-order valence-electron chi connectivity index (χ0n) is 19.3. The van der Waals surface area contributed by atoms with Crippen LogP contribution in [0.25, 0.3) is 0 Å². The predicted octanol–water partition coefficient (Wildman–Crippen LogP) is 4.98. The van der Waals surface area contributed by atoms with E-state index in [0.29, 0.717) is 12.1 Å². The van der Waals surface area contributed by atoms with E-state index in [0.717, 1.165) is 36.4 Å². The Balaban J connectivity index is 1.49. The molecule has 0 amide bonds. The van der Waals surface area contributed by atoms with Crippen molar-refractivity contribution < 1.29 is 59.6 Å². The van der Waals surface area contributed by atoms with Crippen LogP contribution in [0, 0.1) is 0 Å². The molecule has 4 atom stereocenters. The molecule has 2 aliphatic heterocycles. The van der Waals surface area contributed by atoms with Crippen LogP contribution in [0.2, 0.25) is 0 Å². The Bertz CT molecular complexity index is 1180. The Morgan fingerprint density at radius 3 is 1.95 bits per heavy atom. The topological polar surface area (TPSA) is 80.3 Å². The van der Waals surface area contributed by atoms with E-state index < -0.39 is 78.0 Å². The minimum absolute atomic E-state index is 0.376. The highest BCUT2D eigenvalue weighted by Gasteiger charge is 2.57. The number of fused-ring (bicyclic) bond motifs is 1. The summed E-state index contributed by atoms with van der Waals surface area (Å²) in [4.78, 5) is 25.1. The van der Waals surface area contributed by atoms with Crippen molar-refractivity contribution in [2.75, 3.05) is 6.61 Å². The highest BCUT2D eigenvalue weighted by atomic mass is 19.4. The van der Waals surface area contributed by atoms with Crippen LogP contribution in [-0.4, -0.2) is 48.9 Å². The first-order chi connectivity index (χ1) is 17.1. The molecule has 0 radical (unpaired) electrons. The van der Waals surface area contributed by atoms with Gasteiger partial charge in [-0.1, -0.05) is 12.1 Å². The van der Waals surface area contributed by atoms with E-state index in [9.17, 15) is 35.9 Å². The zero-order chi connectivity index (χ0) is 27.2. The summed E-state index contributed by atoms with van der Waals surface area (Å²) in [6.07, 6.45) is -13.9. The largest absolute Gasteiger partial charge is 0.459 e. The van der Waals surface area contributed by atoms with Crippen molar-refractivity contribution in [2.45, 2.75) is 56.6 Å². The Morgan fingerprint density at radius 1 is 0.865 bits per heavy atom. The van der Waals surface area contributed by atoms with Gasteiger partial charge in [-0.3, -0.25) is 0 Å². The SMILES string of the molecule is CC1(C)O[C@H]2O[C@H](COC(=O)c3cccc(C(F)(F)F)c3)[C@H](OC(=O)c3cccc(C(F)(F)F)c3)[C@H]2O1. The lowest BCUT2D eigenvalue weighted by atomic mass is 10.1. The predicted molar refractivity (Wildman–Crippen MR) is 111 cm³/mol. The van der Waals surface area contributed by atoms with Crippen molar-refractivity contribution in [3.8, 4) is 0 Å². The summed E-state index contributed by atoms with van der Waals surface area (Å²) in [7, 11) is 0. The molecule has 7 nitrogen and oxygen atoms in total. The number of hydrogen-bond acceptors (Lipinski definition) is 7. The van der Waals surface area contributed by atoms with E-state index in [2.05, 4.69) is 0 Å². The minimum atomic E-state index is -4.69. The van der Waals surface area contributed by atoms with E-state index in [1.54, 1.807) is 13.8 Å². The molecule has 0 unspecified atom stereocenters. The molecule has 37 heavy (non-hydrogen) atoms. The van der Waals surface area contributed by atoms with Gasteiger partial charge in [0.2, 0.25) is 0 Å². The number of alkyl halides is 6. The van der Waals surface area contributed by atoms with E-state index in [-0.39, 0.29) is 5.56 Å². The number of ether oxygens (including phenoxy) is 5. The second-order valence-corrected chi connectivity index (χ2v) is 8.77. The fourth-order valence-corrected chi connectivity index (χ4v) is 3.90. The molecule has 2 saturated heterocycles. The van der Waals surface area contributed by atoms with Crippen molar-refractivity contribution in [2.24, 2.45) is 0 Å². The van der Waals surface area contributed by atoms with Gasteiger partial charge in [0.15, 0.2) is 24.3 Å². The molecule has 200 valence electrons. The highest BCUT2D eigenvalue weighted by Crippen LogP contribution is 2.39. The summed E-state index contributed by atoms with van der Waals surface area (Å²) in [6.45, 7) is 2.54. The van der Waals surface area contributed by atoms with Gasteiger partial charge in [0.1, 0.15) is 12.7 Å². The van der Waals surface area contributed by atoms with E-state index in [1.807, 2.05) is 0 Å². The van der Waals surface area contributed by atoms with Crippen molar-refractivity contribution in [3.63, 3.8) is 0 Å². The van der Waals surface area contributed by atoms with Gasteiger partial charge in [-0.15, -0.1) is 0 Å². The van der Waals surface area contributed by atoms with Crippen LogP contribution in [0.4, 0.5) is 26.3 Å². The summed E-state index contributed by atoms with van der Waals surface area (Å²) in [5.74, 6) is -3.37. The first-order valence-corrected chi connectivity index (χ1v) is 10.9. The molecule has 0 N–H and O–H groups in total. The molecule has 13 heteroatoms. The standard InChI is InChI=1S/C24H20F6O7/c1-22(2)36-18-17(35-20(32)13-6-4-8-15(10-13)24(28,29)30)16(34-21(18)37-22)11-33-19(31)12-5-3-7-14(9-12)23(25,26)27/h3-10,16-18,21H,11H2,1-2H3/t16-,17+,18-,21-/m1/s1. The number of esters is 2. The van der Waals surface area contributed by atoms with E-state index in [1.165, 1.54) is 0 Å². The van der Waals surface area contributed by atoms with Gasteiger partial charge in [0, 0.05) is 0 Å². The molecule has 2 heterocycles. The quantitative estimate of drug-likeness (QED) is 0.395. The molecular weight excluding hydrogens is 514 g/mol. The maximum atomic E-state index is 13.0. The molecule has 0 saturated carbocycles. The summed E-state index contributed by atoms with van der Waals surface area (Å²) >= 11 is 0. The third-order valence-electron chi connectivity index (χ3n) is 5.56. The number of carbonyl (C=O) groups excluding carboxylic acids is 2. The maximum absolute atomic E-state index is 13.0. The smallest absolute Gasteiger partial charge is 0.416 e. The van der Waals surface area contributed by atoms with Crippen LogP contribution in [0.15, 0.2) is 48.5 Å². The third-order valence-corrected chi connectivity index (χ3v) is 5.56. The minimum Gasteiger partial charge on any atom is -0.459 e.